The average Bonchev–Trinajstić information content (AvgIpc) is 2.93. The summed E-state index contributed by atoms with van der Waals surface area (Å²) in [5.41, 5.74) is 0.456. The molecule has 0 unspecified atom stereocenters. The molecule has 94 valence electrons. The number of nitrogens with zero attached hydrogens (tertiary/aromatic N) is 2. The van der Waals surface area contributed by atoms with Crippen LogP contribution in [0.3, 0.4) is 0 Å². The predicted octanol–water partition coefficient (Wildman–Crippen LogP) is 1.17. The minimum atomic E-state index is -3.42. The summed E-state index contributed by atoms with van der Waals surface area (Å²) in [5.74, 6) is 1.30. The summed E-state index contributed by atoms with van der Waals surface area (Å²) in [7, 11) is -3.42. The number of fused-ring (bicyclic) bond motifs is 2. The van der Waals surface area contributed by atoms with Crippen LogP contribution in [-0.4, -0.2) is 41.5 Å². The number of hydrogen-bond acceptors (Lipinski definition) is 5. The molecule has 0 radical (unpaired) electrons. The van der Waals surface area contributed by atoms with Gasteiger partial charge in [0.25, 0.3) is 0 Å². The lowest BCUT2D eigenvalue weighted by atomic mass is 10.3. The lowest BCUT2D eigenvalue weighted by molar-refractivity contribution is 0.387. The van der Waals surface area contributed by atoms with Crippen LogP contribution in [0.1, 0.15) is 17.9 Å². The van der Waals surface area contributed by atoms with Crippen LogP contribution in [0.4, 0.5) is 0 Å². The molecule has 2 atom stereocenters. The molecule has 3 rings (SSSR count). The Balaban J connectivity index is 2.02. The summed E-state index contributed by atoms with van der Waals surface area (Å²) in [5, 5.41) is 4.20. The molecule has 2 aliphatic heterocycles. The highest BCUT2D eigenvalue weighted by Crippen LogP contribution is 2.41. The molecule has 0 amide bonds. The second-order valence-corrected chi connectivity index (χ2v) is 7.73. The molecule has 0 aliphatic carbocycles. The zero-order valence-electron chi connectivity index (χ0n) is 9.71. The normalized spacial score (nSPS) is 29.1. The quantitative estimate of drug-likeness (QED) is 0.810. The summed E-state index contributed by atoms with van der Waals surface area (Å²) in [6.07, 6.45) is 0.979. The minimum Gasteiger partial charge on any atom is -0.360 e. The van der Waals surface area contributed by atoms with Crippen LogP contribution in [0.5, 0.6) is 0 Å². The predicted molar refractivity (Wildman–Crippen MR) is 64.5 cm³/mol. The van der Waals surface area contributed by atoms with Gasteiger partial charge in [-0.25, -0.2) is 8.42 Å². The van der Waals surface area contributed by atoms with Gasteiger partial charge in [0.1, 0.15) is 10.6 Å². The highest BCUT2D eigenvalue weighted by atomic mass is 32.2. The van der Waals surface area contributed by atoms with Crippen molar-refractivity contribution in [1.29, 1.82) is 0 Å². The Labute approximate surface area is 105 Å². The summed E-state index contributed by atoms with van der Waals surface area (Å²) < 4.78 is 31.7. The highest BCUT2D eigenvalue weighted by Gasteiger charge is 2.46. The van der Waals surface area contributed by atoms with Gasteiger partial charge in [-0.05, 0) is 20.3 Å². The molecule has 7 heteroatoms. The van der Waals surface area contributed by atoms with E-state index in [1.54, 1.807) is 18.2 Å². The fraction of sp³-hybridized carbons (Fsp3) is 0.700. The molecule has 3 heterocycles. The topological polar surface area (TPSA) is 63.4 Å². The Morgan fingerprint density at radius 1 is 1.47 bits per heavy atom. The van der Waals surface area contributed by atoms with Crippen LogP contribution in [0.25, 0.3) is 0 Å². The van der Waals surface area contributed by atoms with Crippen molar-refractivity contribution in [2.45, 2.75) is 36.5 Å². The number of hydrogen-bond donors (Lipinski definition) is 0. The van der Waals surface area contributed by atoms with Crippen LogP contribution in [-0.2, 0) is 10.0 Å². The second-order valence-electron chi connectivity index (χ2n) is 4.57. The van der Waals surface area contributed by atoms with Gasteiger partial charge in [-0.15, -0.1) is 0 Å². The van der Waals surface area contributed by atoms with Crippen molar-refractivity contribution in [3.63, 3.8) is 0 Å². The van der Waals surface area contributed by atoms with Crippen LogP contribution in [0, 0.1) is 13.8 Å². The maximum absolute atomic E-state index is 12.5. The van der Waals surface area contributed by atoms with Crippen molar-refractivity contribution >= 4 is 21.8 Å². The molecule has 1 aromatic heterocycles. The molecule has 1 aromatic rings. The molecular formula is C10H14N2O3S2. The second kappa shape index (κ2) is 3.73. The summed E-state index contributed by atoms with van der Waals surface area (Å²) in [6, 6.07) is 0.156. The van der Waals surface area contributed by atoms with Crippen molar-refractivity contribution in [3.8, 4) is 0 Å². The number of sulfonamides is 1. The minimum absolute atomic E-state index is 0.156. The van der Waals surface area contributed by atoms with E-state index in [9.17, 15) is 8.42 Å². The standard InChI is InChI=1S/C10H14N2O3S2/c1-6-10(7(2)15-11-6)17(13,14)12-4-9-3-8(12)5-16-9/h8-9H,3-5H2,1-2H3/t8-,9+/m0/s1. The first kappa shape index (κ1) is 11.6. The lowest BCUT2D eigenvalue weighted by Gasteiger charge is -2.25. The first-order chi connectivity index (χ1) is 8.00. The number of rotatable bonds is 2. The van der Waals surface area contributed by atoms with Gasteiger partial charge < -0.3 is 4.52 Å². The van der Waals surface area contributed by atoms with Crippen LogP contribution in [0.2, 0.25) is 0 Å². The Hall–Kier alpha value is -0.530. The molecule has 2 fully saturated rings. The van der Waals surface area contributed by atoms with Crippen LogP contribution < -0.4 is 0 Å². The van der Waals surface area contributed by atoms with Crippen molar-refractivity contribution in [2.24, 2.45) is 0 Å². The summed E-state index contributed by atoms with van der Waals surface area (Å²) in [6.45, 7) is 3.95. The number of aromatic nitrogens is 1. The Kier molecular flexibility index (Phi) is 2.53. The van der Waals surface area contributed by atoms with E-state index in [1.165, 1.54) is 0 Å². The third-order valence-corrected chi connectivity index (χ3v) is 6.94. The van der Waals surface area contributed by atoms with E-state index < -0.39 is 10.0 Å². The van der Waals surface area contributed by atoms with E-state index in [0.29, 0.717) is 23.2 Å². The van der Waals surface area contributed by atoms with E-state index in [1.807, 2.05) is 11.8 Å². The highest BCUT2D eigenvalue weighted by molar-refractivity contribution is 8.00. The molecule has 0 N–H and O–H groups in total. The molecule has 2 aliphatic rings. The van der Waals surface area contributed by atoms with Gasteiger partial charge in [-0.2, -0.15) is 16.1 Å². The zero-order valence-corrected chi connectivity index (χ0v) is 11.3. The van der Waals surface area contributed by atoms with Crippen molar-refractivity contribution in [3.05, 3.63) is 11.5 Å². The molecule has 0 aromatic carbocycles. The fourth-order valence-corrected chi connectivity index (χ4v) is 6.22. The SMILES string of the molecule is Cc1noc(C)c1S(=O)(=O)N1C[C@H]2C[C@H]1CS2. The fourth-order valence-electron chi connectivity index (χ4n) is 2.62. The van der Waals surface area contributed by atoms with Crippen molar-refractivity contribution in [2.75, 3.05) is 12.3 Å². The van der Waals surface area contributed by atoms with Gasteiger partial charge in [0.05, 0.1) is 0 Å². The van der Waals surface area contributed by atoms with Crippen molar-refractivity contribution in [1.82, 2.24) is 9.46 Å². The van der Waals surface area contributed by atoms with Gasteiger partial charge >= 0.3 is 0 Å². The molecule has 5 nitrogen and oxygen atoms in total. The Bertz CT molecular complexity index is 532. The number of aryl methyl sites for hydroxylation is 2. The van der Waals surface area contributed by atoms with E-state index in [2.05, 4.69) is 5.16 Å². The van der Waals surface area contributed by atoms with Gasteiger partial charge in [-0.1, -0.05) is 5.16 Å². The maximum Gasteiger partial charge on any atom is 0.248 e. The largest absolute Gasteiger partial charge is 0.360 e. The third-order valence-electron chi connectivity index (χ3n) is 3.38. The van der Waals surface area contributed by atoms with Gasteiger partial charge in [0.2, 0.25) is 10.0 Å². The molecule has 2 saturated heterocycles. The summed E-state index contributed by atoms with van der Waals surface area (Å²) >= 11 is 1.87. The lowest BCUT2D eigenvalue weighted by Crippen LogP contribution is -2.39. The molecule has 2 bridgehead atoms. The van der Waals surface area contributed by atoms with E-state index in [4.69, 9.17) is 4.52 Å². The maximum atomic E-state index is 12.5. The van der Waals surface area contributed by atoms with Crippen LogP contribution >= 0.6 is 11.8 Å². The average molecular weight is 274 g/mol. The van der Waals surface area contributed by atoms with E-state index in [0.717, 1.165) is 12.2 Å². The molecular weight excluding hydrogens is 260 g/mol. The van der Waals surface area contributed by atoms with Gasteiger partial charge in [0, 0.05) is 23.6 Å². The Morgan fingerprint density at radius 2 is 2.24 bits per heavy atom. The molecule has 17 heavy (non-hydrogen) atoms. The monoisotopic (exact) mass is 274 g/mol. The van der Waals surface area contributed by atoms with E-state index >= 15 is 0 Å². The molecule has 0 saturated carbocycles. The van der Waals surface area contributed by atoms with Crippen LogP contribution in [0.15, 0.2) is 9.42 Å². The van der Waals surface area contributed by atoms with Gasteiger partial charge in [0.15, 0.2) is 5.76 Å². The van der Waals surface area contributed by atoms with E-state index in [-0.39, 0.29) is 10.9 Å². The number of thioether (sulfide) groups is 1. The third kappa shape index (κ3) is 1.63. The zero-order chi connectivity index (χ0) is 12.2. The summed E-state index contributed by atoms with van der Waals surface area (Å²) in [4.78, 5) is 0.259. The first-order valence-electron chi connectivity index (χ1n) is 5.56. The van der Waals surface area contributed by atoms with Gasteiger partial charge in [-0.3, -0.25) is 0 Å². The molecule has 0 spiro atoms. The van der Waals surface area contributed by atoms with Crippen molar-refractivity contribution < 1.29 is 12.9 Å². The smallest absolute Gasteiger partial charge is 0.248 e. The Morgan fingerprint density at radius 3 is 2.71 bits per heavy atom. The first-order valence-corrected chi connectivity index (χ1v) is 8.05.